The van der Waals surface area contributed by atoms with Crippen LogP contribution in [0.15, 0.2) is 5.10 Å². The molecule has 0 unspecified atom stereocenters. The largest absolute Gasteiger partial charge is 0.381 e. The minimum absolute atomic E-state index is 0.0245. The number of hydrazone groups is 1. The summed E-state index contributed by atoms with van der Waals surface area (Å²) in [6.07, 6.45) is 2.51. The second kappa shape index (κ2) is 3.23. The van der Waals surface area contributed by atoms with Gasteiger partial charge in [0.2, 0.25) is 5.91 Å². The normalized spacial score (nSPS) is 25.3. The molecular formula is C8H12N2O2. The predicted octanol–water partition coefficient (Wildman–Crippen LogP) is 0.289. The Hall–Kier alpha value is -0.900. The van der Waals surface area contributed by atoms with Crippen LogP contribution in [-0.2, 0) is 9.53 Å². The van der Waals surface area contributed by atoms with Crippen LogP contribution in [-0.4, -0.2) is 24.8 Å². The van der Waals surface area contributed by atoms with Gasteiger partial charge in [0.15, 0.2) is 0 Å². The Kier molecular flexibility index (Phi) is 2.08. The lowest BCUT2D eigenvalue weighted by atomic mass is 9.93. The van der Waals surface area contributed by atoms with Crippen molar-refractivity contribution in [1.29, 1.82) is 0 Å². The highest BCUT2D eigenvalue weighted by atomic mass is 16.5. The van der Waals surface area contributed by atoms with Crippen molar-refractivity contribution >= 4 is 11.6 Å². The average Bonchev–Trinajstić information content (AvgIpc) is 2.54. The molecule has 66 valence electrons. The zero-order valence-electron chi connectivity index (χ0n) is 6.88. The molecule has 0 aromatic heterocycles. The first-order chi connectivity index (χ1) is 5.86. The number of carbonyl (C=O) groups is 1. The molecule has 1 amide bonds. The van der Waals surface area contributed by atoms with Gasteiger partial charge in [-0.15, -0.1) is 0 Å². The van der Waals surface area contributed by atoms with E-state index in [2.05, 4.69) is 10.5 Å². The first-order valence-corrected chi connectivity index (χ1v) is 4.29. The molecule has 0 aliphatic carbocycles. The van der Waals surface area contributed by atoms with Crippen LogP contribution in [0.1, 0.15) is 19.3 Å². The third-order valence-electron chi connectivity index (χ3n) is 2.36. The van der Waals surface area contributed by atoms with E-state index in [0.29, 0.717) is 12.3 Å². The van der Waals surface area contributed by atoms with E-state index in [1.54, 1.807) is 0 Å². The van der Waals surface area contributed by atoms with Crippen LogP contribution in [0.4, 0.5) is 0 Å². The maximum Gasteiger partial charge on any atom is 0.245 e. The summed E-state index contributed by atoms with van der Waals surface area (Å²) < 4.78 is 5.23. The van der Waals surface area contributed by atoms with Crippen molar-refractivity contribution in [3.8, 4) is 0 Å². The molecule has 0 aromatic rings. The highest BCUT2D eigenvalue weighted by molar-refractivity contribution is 6.05. The number of ether oxygens (including phenoxy) is 1. The number of carbonyl (C=O) groups excluding carboxylic acids is 1. The van der Waals surface area contributed by atoms with Gasteiger partial charge in [-0.25, -0.2) is 5.43 Å². The molecule has 1 fully saturated rings. The van der Waals surface area contributed by atoms with E-state index in [4.69, 9.17) is 4.74 Å². The fourth-order valence-electron chi connectivity index (χ4n) is 1.64. The van der Waals surface area contributed by atoms with Gasteiger partial charge in [-0.2, -0.15) is 5.10 Å². The van der Waals surface area contributed by atoms with Crippen LogP contribution in [0.2, 0.25) is 0 Å². The summed E-state index contributed by atoms with van der Waals surface area (Å²) in [7, 11) is 0. The Morgan fingerprint density at radius 3 is 2.75 bits per heavy atom. The van der Waals surface area contributed by atoms with Crippen molar-refractivity contribution in [2.45, 2.75) is 19.3 Å². The van der Waals surface area contributed by atoms with E-state index in [1.807, 2.05) is 0 Å². The summed E-state index contributed by atoms with van der Waals surface area (Å²) in [5, 5.41) is 4.00. The summed E-state index contributed by atoms with van der Waals surface area (Å²) in [4.78, 5) is 10.8. The molecule has 0 atom stereocenters. The molecule has 0 aromatic carbocycles. The van der Waals surface area contributed by atoms with Gasteiger partial charge in [0.05, 0.1) is 12.1 Å². The van der Waals surface area contributed by atoms with E-state index < -0.39 is 0 Å². The summed E-state index contributed by atoms with van der Waals surface area (Å²) in [6, 6.07) is 0. The molecule has 0 saturated carbocycles. The van der Waals surface area contributed by atoms with Crippen molar-refractivity contribution in [3.05, 3.63) is 0 Å². The van der Waals surface area contributed by atoms with Crippen LogP contribution >= 0.6 is 0 Å². The van der Waals surface area contributed by atoms with Crippen molar-refractivity contribution in [1.82, 2.24) is 5.43 Å². The SMILES string of the molecule is O=C1CC(C2CCOCC2)=NN1. The second-order valence-corrected chi connectivity index (χ2v) is 3.20. The first-order valence-electron chi connectivity index (χ1n) is 4.29. The van der Waals surface area contributed by atoms with Crippen LogP contribution in [0.3, 0.4) is 0 Å². The topological polar surface area (TPSA) is 50.7 Å². The minimum atomic E-state index is 0.0245. The summed E-state index contributed by atoms with van der Waals surface area (Å²) in [6.45, 7) is 1.61. The van der Waals surface area contributed by atoms with E-state index >= 15 is 0 Å². The summed E-state index contributed by atoms with van der Waals surface area (Å²) in [5.74, 6) is 0.495. The van der Waals surface area contributed by atoms with E-state index in [-0.39, 0.29) is 5.91 Å². The third-order valence-corrected chi connectivity index (χ3v) is 2.36. The Bertz CT molecular complexity index is 219. The maximum atomic E-state index is 10.8. The number of amides is 1. The van der Waals surface area contributed by atoms with Gasteiger partial charge in [-0.05, 0) is 12.8 Å². The maximum absolute atomic E-state index is 10.8. The van der Waals surface area contributed by atoms with E-state index in [0.717, 1.165) is 31.8 Å². The number of hydrogen-bond donors (Lipinski definition) is 1. The van der Waals surface area contributed by atoms with E-state index in [9.17, 15) is 4.79 Å². The van der Waals surface area contributed by atoms with Crippen LogP contribution in [0.25, 0.3) is 0 Å². The van der Waals surface area contributed by atoms with E-state index in [1.165, 1.54) is 0 Å². The molecule has 2 rings (SSSR count). The van der Waals surface area contributed by atoms with Crippen LogP contribution in [0.5, 0.6) is 0 Å². The third kappa shape index (κ3) is 1.48. The fourth-order valence-corrected chi connectivity index (χ4v) is 1.64. The Morgan fingerprint density at radius 2 is 2.17 bits per heavy atom. The fraction of sp³-hybridized carbons (Fsp3) is 0.750. The average molecular weight is 168 g/mol. The lowest BCUT2D eigenvalue weighted by Gasteiger charge is -2.20. The molecule has 4 nitrogen and oxygen atoms in total. The predicted molar refractivity (Wildman–Crippen MR) is 43.7 cm³/mol. The summed E-state index contributed by atoms with van der Waals surface area (Å²) >= 11 is 0. The molecule has 2 aliphatic heterocycles. The quantitative estimate of drug-likeness (QED) is 0.611. The summed E-state index contributed by atoms with van der Waals surface area (Å²) in [5.41, 5.74) is 3.49. The van der Waals surface area contributed by atoms with Crippen LogP contribution < -0.4 is 5.43 Å². The minimum Gasteiger partial charge on any atom is -0.381 e. The van der Waals surface area contributed by atoms with Crippen molar-refractivity contribution < 1.29 is 9.53 Å². The Morgan fingerprint density at radius 1 is 1.42 bits per heavy atom. The molecule has 1 N–H and O–H groups in total. The van der Waals surface area contributed by atoms with Gasteiger partial charge in [-0.1, -0.05) is 0 Å². The van der Waals surface area contributed by atoms with Crippen molar-refractivity contribution in [3.63, 3.8) is 0 Å². The van der Waals surface area contributed by atoms with Gasteiger partial charge in [0.25, 0.3) is 0 Å². The van der Waals surface area contributed by atoms with Gasteiger partial charge in [0.1, 0.15) is 0 Å². The molecule has 0 radical (unpaired) electrons. The molecule has 1 saturated heterocycles. The standard InChI is InChI=1S/C8H12N2O2/c11-8-5-7(9-10-8)6-1-3-12-4-2-6/h6H,1-5H2,(H,10,11). The number of hydrogen-bond acceptors (Lipinski definition) is 3. The second-order valence-electron chi connectivity index (χ2n) is 3.20. The zero-order valence-corrected chi connectivity index (χ0v) is 6.88. The van der Waals surface area contributed by atoms with Gasteiger partial charge in [-0.3, -0.25) is 4.79 Å². The van der Waals surface area contributed by atoms with Gasteiger partial charge < -0.3 is 4.74 Å². The zero-order chi connectivity index (χ0) is 8.39. The molecule has 2 aliphatic rings. The molecule has 0 spiro atoms. The smallest absolute Gasteiger partial charge is 0.245 e. The molecular weight excluding hydrogens is 156 g/mol. The molecule has 4 heteroatoms. The lowest BCUT2D eigenvalue weighted by Crippen LogP contribution is -2.22. The Balaban J connectivity index is 1.95. The van der Waals surface area contributed by atoms with Crippen molar-refractivity contribution in [2.75, 3.05) is 13.2 Å². The molecule has 2 heterocycles. The monoisotopic (exact) mass is 168 g/mol. The van der Waals surface area contributed by atoms with Crippen molar-refractivity contribution in [2.24, 2.45) is 11.0 Å². The van der Waals surface area contributed by atoms with Gasteiger partial charge in [0, 0.05) is 19.1 Å². The first kappa shape index (κ1) is 7.73. The number of nitrogens with zero attached hydrogens (tertiary/aromatic N) is 1. The van der Waals surface area contributed by atoms with Gasteiger partial charge >= 0.3 is 0 Å². The lowest BCUT2D eigenvalue weighted by molar-refractivity contribution is -0.119. The molecule has 12 heavy (non-hydrogen) atoms. The molecule has 0 bridgehead atoms. The number of rotatable bonds is 1. The highest BCUT2D eigenvalue weighted by Gasteiger charge is 2.25. The highest BCUT2D eigenvalue weighted by Crippen LogP contribution is 2.19. The number of nitrogens with one attached hydrogen (secondary N) is 1. The van der Waals surface area contributed by atoms with Crippen LogP contribution in [0, 0.1) is 5.92 Å². The Labute approximate surface area is 71.0 Å².